The molecule has 21 heavy (non-hydrogen) atoms. The molecule has 0 amide bonds. The molecule has 2 N–H and O–H groups in total. The van der Waals surface area contributed by atoms with Gasteiger partial charge in [0.15, 0.2) is 0 Å². The van der Waals surface area contributed by atoms with E-state index in [1.807, 2.05) is 6.92 Å². The average Bonchev–Trinajstić information content (AvgIpc) is 2.86. The molecule has 0 aromatic carbocycles. The van der Waals surface area contributed by atoms with Crippen molar-refractivity contribution in [3.63, 3.8) is 0 Å². The monoisotopic (exact) mass is 373 g/mol. The SMILES string of the molecule is CCCn1cc(S(=O)(=O)Nc2ccncc2Br)cc1CO. The van der Waals surface area contributed by atoms with E-state index >= 15 is 0 Å². The Morgan fingerprint density at radius 2 is 2.24 bits per heavy atom. The second kappa shape index (κ2) is 6.59. The van der Waals surface area contributed by atoms with Gasteiger partial charge in [0, 0.05) is 30.8 Å². The molecule has 0 fully saturated rings. The van der Waals surface area contributed by atoms with E-state index in [0.29, 0.717) is 22.4 Å². The van der Waals surface area contributed by atoms with Crippen molar-refractivity contribution in [3.05, 3.63) is 40.9 Å². The molecular weight excluding hydrogens is 358 g/mol. The zero-order valence-corrected chi connectivity index (χ0v) is 13.9. The number of halogens is 1. The molecule has 0 aliphatic carbocycles. The summed E-state index contributed by atoms with van der Waals surface area (Å²) in [6.07, 6.45) is 5.40. The number of sulfonamides is 1. The minimum Gasteiger partial charge on any atom is -0.390 e. The Kier molecular flexibility index (Phi) is 5.02. The lowest BCUT2D eigenvalue weighted by atomic mass is 10.4. The fourth-order valence-electron chi connectivity index (χ4n) is 1.92. The second-order valence-corrected chi connectivity index (χ2v) is 7.02. The highest BCUT2D eigenvalue weighted by Crippen LogP contribution is 2.24. The molecule has 0 radical (unpaired) electrons. The molecule has 0 saturated heterocycles. The normalized spacial score (nSPS) is 11.6. The third kappa shape index (κ3) is 3.63. The summed E-state index contributed by atoms with van der Waals surface area (Å²) in [7, 11) is -3.71. The van der Waals surface area contributed by atoms with Gasteiger partial charge in [-0.2, -0.15) is 0 Å². The third-order valence-electron chi connectivity index (χ3n) is 2.91. The summed E-state index contributed by atoms with van der Waals surface area (Å²) in [5.74, 6) is 0. The Hall–Kier alpha value is -1.38. The Balaban J connectivity index is 2.34. The van der Waals surface area contributed by atoms with Crippen molar-refractivity contribution in [2.75, 3.05) is 4.72 Å². The molecule has 0 atom stereocenters. The summed E-state index contributed by atoms with van der Waals surface area (Å²) in [5, 5.41) is 9.31. The largest absolute Gasteiger partial charge is 0.390 e. The van der Waals surface area contributed by atoms with E-state index in [1.54, 1.807) is 10.6 Å². The number of hydrogen-bond acceptors (Lipinski definition) is 4. The lowest BCUT2D eigenvalue weighted by Crippen LogP contribution is -2.12. The van der Waals surface area contributed by atoms with Crippen LogP contribution < -0.4 is 4.72 Å². The number of nitrogens with one attached hydrogen (secondary N) is 1. The highest BCUT2D eigenvalue weighted by atomic mass is 79.9. The average molecular weight is 374 g/mol. The van der Waals surface area contributed by atoms with Crippen LogP contribution >= 0.6 is 15.9 Å². The molecule has 0 unspecified atom stereocenters. The zero-order chi connectivity index (χ0) is 15.5. The van der Waals surface area contributed by atoms with Crippen molar-refractivity contribution in [1.29, 1.82) is 0 Å². The first-order chi connectivity index (χ1) is 9.97. The Labute approximate surface area is 132 Å². The van der Waals surface area contributed by atoms with Gasteiger partial charge in [0.05, 0.1) is 16.8 Å². The van der Waals surface area contributed by atoms with Crippen LogP contribution in [-0.2, 0) is 23.2 Å². The first kappa shape index (κ1) is 16.0. The molecule has 0 aliphatic rings. The molecule has 0 aliphatic heterocycles. The van der Waals surface area contributed by atoms with Gasteiger partial charge >= 0.3 is 0 Å². The molecule has 0 spiro atoms. The number of nitrogens with zero attached hydrogens (tertiary/aromatic N) is 2. The van der Waals surface area contributed by atoms with Crippen LogP contribution in [0.15, 0.2) is 40.1 Å². The van der Waals surface area contributed by atoms with Crippen molar-refractivity contribution in [2.45, 2.75) is 31.4 Å². The standard InChI is InChI=1S/C13H16BrN3O3S/c1-2-5-17-8-11(6-10(17)9-18)21(19,20)16-13-3-4-15-7-12(13)14/h3-4,6-8,18H,2,5,9H2,1H3,(H,15,16). The van der Waals surface area contributed by atoms with Gasteiger partial charge in [0.1, 0.15) is 4.90 Å². The molecule has 114 valence electrons. The van der Waals surface area contributed by atoms with Gasteiger partial charge in [-0.3, -0.25) is 9.71 Å². The number of aryl methyl sites for hydroxylation is 1. The van der Waals surface area contributed by atoms with Crippen LogP contribution in [0.5, 0.6) is 0 Å². The molecule has 6 nitrogen and oxygen atoms in total. The van der Waals surface area contributed by atoms with E-state index in [0.717, 1.165) is 6.42 Å². The fourth-order valence-corrected chi connectivity index (χ4v) is 3.54. The maximum absolute atomic E-state index is 12.4. The lowest BCUT2D eigenvalue weighted by molar-refractivity contribution is 0.270. The lowest BCUT2D eigenvalue weighted by Gasteiger charge is -2.07. The molecule has 2 aromatic heterocycles. The van der Waals surface area contributed by atoms with E-state index in [9.17, 15) is 13.5 Å². The Morgan fingerprint density at radius 3 is 2.86 bits per heavy atom. The maximum atomic E-state index is 12.4. The number of aliphatic hydroxyl groups excluding tert-OH is 1. The van der Waals surface area contributed by atoms with Gasteiger partial charge in [-0.25, -0.2) is 8.42 Å². The predicted molar refractivity (Wildman–Crippen MR) is 83.4 cm³/mol. The zero-order valence-electron chi connectivity index (χ0n) is 11.5. The van der Waals surface area contributed by atoms with E-state index in [-0.39, 0.29) is 11.5 Å². The molecule has 0 bridgehead atoms. The van der Waals surface area contributed by atoms with Crippen molar-refractivity contribution in [1.82, 2.24) is 9.55 Å². The van der Waals surface area contributed by atoms with Crippen molar-refractivity contribution in [2.24, 2.45) is 0 Å². The van der Waals surface area contributed by atoms with Gasteiger partial charge in [-0.05, 0) is 34.5 Å². The highest BCUT2D eigenvalue weighted by molar-refractivity contribution is 9.10. The van der Waals surface area contributed by atoms with Crippen LogP contribution in [0.25, 0.3) is 0 Å². The third-order valence-corrected chi connectivity index (χ3v) is 4.88. The quantitative estimate of drug-likeness (QED) is 0.813. The van der Waals surface area contributed by atoms with Gasteiger partial charge in [-0.1, -0.05) is 6.92 Å². The van der Waals surface area contributed by atoms with Gasteiger partial charge in [0.2, 0.25) is 0 Å². The second-order valence-electron chi connectivity index (χ2n) is 4.48. The van der Waals surface area contributed by atoms with Gasteiger partial charge in [-0.15, -0.1) is 0 Å². The molecule has 2 heterocycles. The van der Waals surface area contributed by atoms with E-state index < -0.39 is 10.0 Å². The summed E-state index contributed by atoms with van der Waals surface area (Å²) >= 11 is 3.25. The smallest absolute Gasteiger partial charge is 0.263 e. The number of rotatable bonds is 6. The molecule has 2 aromatic rings. The molecule has 2 rings (SSSR count). The van der Waals surface area contributed by atoms with Crippen LogP contribution in [-0.4, -0.2) is 23.1 Å². The first-order valence-electron chi connectivity index (χ1n) is 6.40. The fraction of sp³-hybridized carbons (Fsp3) is 0.308. The van der Waals surface area contributed by atoms with E-state index in [2.05, 4.69) is 25.6 Å². The Morgan fingerprint density at radius 1 is 1.48 bits per heavy atom. The van der Waals surface area contributed by atoms with Gasteiger partial charge < -0.3 is 9.67 Å². The van der Waals surface area contributed by atoms with E-state index in [4.69, 9.17) is 0 Å². The molecular formula is C13H16BrN3O3S. The summed E-state index contributed by atoms with van der Waals surface area (Å²) < 4.78 is 29.6. The van der Waals surface area contributed by atoms with Crippen LogP contribution in [0.1, 0.15) is 19.0 Å². The Bertz CT molecular complexity index is 728. The summed E-state index contributed by atoms with van der Waals surface area (Å²) in [5.41, 5.74) is 0.991. The first-order valence-corrected chi connectivity index (χ1v) is 8.67. The topological polar surface area (TPSA) is 84.2 Å². The number of pyridine rings is 1. The van der Waals surface area contributed by atoms with E-state index in [1.165, 1.54) is 24.7 Å². The number of hydrogen-bond donors (Lipinski definition) is 2. The minimum atomic E-state index is -3.71. The maximum Gasteiger partial charge on any atom is 0.263 e. The van der Waals surface area contributed by atoms with Crippen molar-refractivity contribution >= 4 is 31.6 Å². The number of aliphatic hydroxyl groups is 1. The highest BCUT2D eigenvalue weighted by Gasteiger charge is 2.19. The minimum absolute atomic E-state index is 0.128. The summed E-state index contributed by atoms with van der Waals surface area (Å²) in [4.78, 5) is 4.01. The summed E-state index contributed by atoms with van der Waals surface area (Å²) in [6.45, 7) is 2.44. The number of anilines is 1. The summed E-state index contributed by atoms with van der Waals surface area (Å²) in [6, 6.07) is 3.05. The molecule has 8 heteroatoms. The van der Waals surface area contributed by atoms with Crippen LogP contribution in [0.3, 0.4) is 0 Å². The van der Waals surface area contributed by atoms with Crippen molar-refractivity contribution in [3.8, 4) is 0 Å². The number of aromatic nitrogens is 2. The molecule has 0 saturated carbocycles. The van der Waals surface area contributed by atoms with Crippen LogP contribution in [0.2, 0.25) is 0 Å². The van der Waals surface area contributed by atoms with Crippen LogP contribution in [0.4, 0.5) is 5.69 Å². The predicted octanol–water partition coefficient (Wildman–Crippen LogP) is 2.35. The van der Waals surface area contributed by atoms with Crippen LogP contribution in [0, 0.1) is 0 Å². The van der Waals surface area contributed by atoms with Crippen molar-refractivity contribution < 1.29 is 13.5 Å². The van der Waals surface area contributed by atoms with Gasteiger partial charge in [0.25, 0.3) is 10.0 Å².